The largest absolute Gasteiger partial charge is 0.312 e. The minimum absolute atomic E-state index is 0.323. The minimum Gasteiger partial charge on any atom is -0.312 e. The lowest BCUT2D eigenvalue weighted by molar-refractivity contribution is -0.119. The number of carbonyl (C=O) groups is 1. The van der Waals surface area contributed by atoms with E-state index in [2.05, 4.69) is 59.8 Å². The number of hydrogen-bond acceptors (Lipinski definition) is 3. The summed E-state index contributed by atoms with van der Waals surface area (Å²) in [6.07, 6.45) is 8.37. The molecule has 0 amide bonds. The fraction of sp³-hybridized carbons (Fsp3) is 0.609. The highest BCUT2D eigenvalue weighted by molar-refractivity contribution is 5.78. The van der Waals surface area contributed by atoms with E-state index in [1.165, 1.54) is 24.0 Å². The van der Waals surface area contributed by atoms with Crippen molar-refractivity contribution in [3.63, 3.8) is 0 Å². The van der Waals surface area contributed by atoms with E-state index in [0.29, 0.717) is 30.6 Å². The zero-order valence-corrected chi connectivity index (χ0v) is 17.1. The van der Waals surface area contributed by atoms with Gasteiger partial charge in [0, 0.05) is 31.7 Å². The van der Waals surface area contributed by atoms with Gasteiger partial charge in [-0.15, -0.1) is 10.2 Å². The molecule has 1 heterocycles. The molecule has 1 saturated carbocycles. The number of benzene rings is 1. The Hall–Kier alpha value is -1.97. The van der Waals surface area contributed by atoms with Crippen molar-refractivity contribution >= 4 is 5.78 Å². The Kier molecular flexibility index (Phi) is 6.81. The summed E-state index contributed by atoms with van der Waals surface area (Å²) in [5.41, 5.74) is 2.59. The number of nitrogens with zero attached hydrogens (tertiary/aromatic N) is 3. The number of Topliss-reactive ketones (excluding diaryl/α,β-unsaturated/α-hetero) is 1. The van der Waals surface area contributed by atoms with Crippen LogP contribution < -0.4 is 0 Å². The smallest absolute Gasteiger partial charge is 0.133 e. The summed E-state index contributed by atoms with van der Waals surface area (Å²) in [6, 6.07) is 9.20. The fourth-order valence-electron chi connectivity index (χ4n) is 3.48. The van der Waals surface area contributed by atoms with Crippen molar-refractivity contribution in [2.24, 2.45) is 5.92 Å². The maximum absolute atomic E-state index is 12.4. The van der Waals surface area contributed by atoms with Crippen LogP contribution >= 0.6 is 0 Å². The zero-order chi connectivity index (χ0) is 19.2. The molecule has 1 aliphatic carbocycles. The predicted molar refractivity (Wildman–Crippen MR) is 109 cm³/mol. The minimum atomic E-state index is 0.323. The molecule has 0 bridgehead atoms. The number of ketones is 1. The third-order valence-corrected chi connectivity index (χ3v) is 5.45. The summed E-state index contributed by atoms with van der Waals surface area (Å²) < 4.78 is 2.33. The SMILES string of the molecule is CCc1ccc(CCC(=O)CCc2nnc(CCC(C)C)n2C2CC2)cc1. The Morgan fingerprint density at radius 1 is 1.00 bits per heavy atom. The van der Waals surface area contributed by atoms with Gasteiger partial charge >= 0.3 is 0 Å². The van der Waals surface area contributed by atoms with Crippen molar-refractivity contribution in [1.29, 1.82) is 0 Å². The number of rotatable bonds is 11. The molecule has 2 aromatic rings. The molecular formula is C23H33N3O. The van der Waals surface area contributed by atoms with E-state index in [1.807, 2.05) is 0 Å². The van der Waals surface area contributed by atoms with Gasteiger partial charge in [0.25, 0.3) is 0 Å². The number of aryl methyl sites for hydroxylation is 4. The summed E-state index contributed by atoms with van der Waals surface area (Å²) in [6.45, 7) is 6.65. The second kappa shape index (κ2) is 9.29. The number of hydrogen-bond donors (Lipinski definition) is 0. The molecule has 0 aliphatic heterocycles. The zero-order valence-electron chi connectivity index (χ0n) is 17.1. The van der Waals surface area contributed by atoms with Crippen molar-refractivity contribution in [2.45, 2.75) is 84.6 Å². The van der Waals surface area contributed by atoms with Crippen LogP contribution in [-0.4, -0.2) is 20.5 Å². The van der Waals surface area contributed by atoms with E-state index in [1.54, 1.807) is 0 Å². The van der Waals surface area contributed by atoms with E-state index in [-0.39, 0.29) is 0 Å². The molecule has 1 aromatic heterocycles. The van der Waals surface area contributed by atoms with Crippen molar-refractivity contribution < 1.29 is 4.79 Å². The highest BCUT2D eigenvalue weighted by Gasteiger charge is 2.29. The van der Waals surface area contributed by atoms with Crippen molar-refractivity contribution in [3.8, 4) is 0 Å². The maximum atomic E-state index is 12.4. The molecule has 3 rings (SSSR count). The van der Waals surface area contributed by atoms with E-state index in [9.17, 15) is 4.79 Å². The first-order valence-electron chi connectivity index (χ1n) is 10.6. The molecule has 0 unspecified atom stereocenters. The van der Waals surface area contributed by atoms with Gasteiger partial charge in [-0.1, -0.05) is 45.0 Å². The van der Waals surface area contributed by atoms with Crippen LogP contribution in [0.4, 0.5) is 0 Å². The van der Waals surface area contributed by atoms with Gasteiger partial charge in [-0.25, -0.2) is 0 Å². The summed E-state index contributed by atoms with van der Waals surface area (Å²) in [4.78, 5) is 12.4. The molecule has 0 radical (unpaired) electrons. The maximum Gasteiger partial charge on any atom is 0.133 e. The fourth-order valence-corrected chi connectivity index (χ4v) is 3.48. The summed E-state index contributed by atoms with van der Waals surface area (Å²) >= 11 is 0. The molecule has 1 fully saturated rings. The van der Waals surface area contributed by atoms with Crippen molar-refractivity contribution in [3.05, 3.63) is 47.0 Å². The van der Waals surface area contributed by atoms with Crippen molar-refractivity contribution in [2.75, 3.05) is 0 Å². The van der Waals surface area contributed by atoms with Crippen molar-refractivity contribution in [1.82, 2.24) is 14.8 Å². The molecule has 4 nitrogen and oxygen atoms in total. The summed E-state index contributed by atoms with van der Waals surface area (Å²) in [5.74, 6) is 3.12. The average molecular weight is 368 g/mol. The Morgan fingerprint density at radius 2 is 1.59 bits per heavy atom. The Bertz CT molecular complexity index is 741. The highest BCUT2D eigenvalue weighted by atomic mass is 16.1. The molecular weight excluding hydrogens is 334 g/mol. The van der Waals surface area contributed by atoms with Gasteiger partial charge in [0.1, 0.15) is 17.4 Å². The normalized spacial score (nSPS) is 14.1. The molecule has 146 valence electrons. The molecule has 0 spiro atoms. The van der Waals surface area contributed by atoms with Crippen LogP contribution in [0.3, 0.4) is 0 Å². The molecule has 27 heavy (non-hydrogen) atoms. The monoisotopic (exact) mass is 367 g/mol. The number of aromatic nitrogens is 3. The standard InChI is InChI=1S/C23H33N3O/c1-4-18-6-8-19(9-7-18)10-13-21(27)14-16-23-25-24-22(15-5-17(2)3)26(23)20-11-12-20/h6-9,17,20H,4-5,10-16H2,1-3H3. The lowest BCUT2D eigenvalue weighted by Gasteiger charge is -2.10. The third-order valence-electron chi connectivity index (χ3n) is 5.45. The Labute approximate surface area is 163 Å². The first-order valence-corrected chi connectivity index (χ1v) is 10.6. The van der Waals surface area contributed by atoms with Crippen LogP contribution in [0.1, 0.15) is 81.7 Å². The molecule has 4 heteroatoms. The molecule has 0 N–H and O–H groups in total. The van der Waals surface area contributed by atoms with Crippen LogP contribution in [0.25, 0.3) is 0 Å². The van der Waals surface area contributed by atoms with Crippen LogP contribution in [-0.2, 0) is 30.5 Å². The third kappa shape index (κ3) is 5.75. The van der Waals surface area contributed by atoms with E-state index in [0.717, 1.165) is 43.8 Å². The van der Waals surface area contributed by atoms with Crippen LogP contribution in [0.2, 0.25) is 0 Å². The van der Waals surface area contributed by atoms with E-state index < -0.39 is 0 Å². The predicted octanol–water partition coefficient (Wildman–Crippen LogP) is 4.90. The van der Waals surface area contributed by atoms with Gasteiger partial charge in [-0.2, -0.15) is 0 Å². The highest BCUT2D eigenvalue weighted by Crippen LogP contribution is 2.37. The second-order valence-corrected chi connectivity index (χ2v) is 8.27. The van der Waals surface area contributed by atoms with Gasteiger partial charge in [-0.05, 0) is 49.1 Å². The first-order chi connectivity index (χ1) is 13.1. The Balaban J connectivity index is 1.50. The Morgan fingerprint density at radius 3 is 2.19 bits per heavy atom. The van der Waals surface area contributed by atoms with Gasteiger partial charge < -0.3 is 4.57 Å². The first kappa shape index (κ1) is 19.8. The number of carbonyl (C=O) groups excluding carboxylic acids is 1. The van der Waals surface area contributed by atoms with Gasteiger partial charge in [0.15, 0.2) is 0 Å². The molecule has 0 saturated heterocycles. The lowest BCUT2D eigenvalue weighted by Crippen LogP contribution is -2.09. The summed E-state index contributed by atoms with van der Waals surface area (Å²) in [7, 11) is 0. The van der Waals surface area contributed by atoms with Gasteiger partial charge in [-0.3, -0.25) is 4.79 Å². The summed E-state index contributed by atoms with van der Waals surface area (Å²) in [5, 5.41) is 8.86. The molecule has 0 atom stereocenters. The second-order valence-electron chi connectivity index (χ2n) is 8.27. The quantitative estimate of drug-likeness (QED) is 0.567. The van der Waals surface area contributed by atoms with Gasteiger partial charge in [0.05, 0.1) is 0 Å². The molecule has 1 aromatic carbocycles. The van der Waals surface area contributed by atoms with E-state index >= 15 is 0 Å². The topological polar surface area (TPSA) is 47.8 Å². The average Bonchev–Trinajstić information content (AvgIpc) is 3.43. The lowest BCUT2D eigenvalue weighted by atomic mass is 10.0. The van der Waals surface area contributed by atoms with Gasteiger partial charge in [0.2, 0.25) is 0 Å². The van der Waals surface area contributed by atoms with E-state index in [4.69, 9.17) is 0 Å². The van der Waals surface area contributed by atoms with Crippen LogP contribution in [0.5, 0.6) is 0 Å². The molecule has 1 aliphatic rings. The van der Waals surface area contributed by atoms with Crippen LogP contribution in [0.15, 0.2) is 24.3 Å². The van der Waals surface area contributed by atoms with Crippen LogP contribution in [0, 0.1) is 5.92 Å².